The predicted molar refractivity (Wildman–Crippen MR) is 86.1 cm³/mol. The lowest BCUT2D eigenvalue weighted by Gasteiger charge is -2.05. The average molecular weight is 334 g/mol. The molecule has 22 heavy (non-hydrogen) atoms. The Bertz CT molecular complexity index is 840. The van der Waals surface area contributed by atoms with Crippen LogP contribution in [-0.4, -0.2) is 10.8 Å². The summed E-state index contributed by atoms with van der Waals surface area (Å²) in [6.45, 7) is 0. The number of aromatic nitrogens is 1. The fourth-order valence-corrected chi connectivity index (χ4v) is 2.51. The number of nitrogens with one attached hydrogen (secondary N) is 1. The van der Waals surface area contributed by atoms with Crippen molar-refractivity contribution < 1.29 is 9.18 Å². The second-order valence-corrected chi connectivity index (χ2v) is 5.56. The predicted octanol–water partition coefficient (Wildman–Crippen LogP) is 5.36. The minimum absolute atomic E-state index is 0.192. The maximum absolute atomic E-state index is 13.0. The molecule has 2 aromatic carbocycles. The van der Waals surface area contributed by atoms with Gasteiger partial charge in [-0.25, -0.2) is 4.39 Å². The zero-order chi connectivity index (χ0) is 15.7. The van der Waals surface area contributed by atoms with Crippen LogP contribution in [0.4, 0.5) is 4.39 Å². The molecule has 0 aliphatic heterocycles. The van der Waals surface area contributed by atoms with Gasteiger partial charge in [-0.2, -0.15) is 0 Å². The molecule has 1 N–H and O–H groups in total. The first-order valence-electron chi connectivity index (χ1n) is 6.49. The molecule has 3 aromatic rings. The number of hydrogen-bond donors (Lipinski definition) is 1. The second kappa shape index (κ2) is 5.95. The van der Waals surface area contributed by atoms with E-state index in [1.165, 1.54) is 24.3 Å². The minimum Gasteiger partial charge on any atom is -0.366 e. The van der Waals surface area contributed by atoms with Crippen LogP contribution < -0.4 is 0 Å². The van der Waals surface area contributed by atoms with Gasteiger partial charge in [0.25, 0.3) is 0 Å². The summed E-state index contributed by atoms with van der Waals surface area (Å²) in [4.78, 5) is 15.5. The zero-order valence-electron chi connectivity index (χ0n) is 11.2. The van der Waals surface area contributed by atoms with Crippen molar-refractivity contribution in [2.24, 2.45) is 0 Å². The number of rotatable bonds is 3. The molecule has 5 heteroatoms. The SMILES string of the molecule is O=C(c1ccc(F)cc1)c1c[nH]cc1-c1ccc(Cl)c(Cl)c1. The summed E-state index contributed by atoms with van der Waals surface area (Å²) in [6, 6.07) is 10.6. The van der Waals surface area contributed by atoms with Gasteiger partial charge in [0.2, 0.25) is 0 Å². The quantitative estimate of drug-likeness (QED) is 0.643. The monoisotopic (exact) mass is 333 g/mol. The van der Waals surface area contributed by atoms with Gasteiger partial charge < -0.3 is 4.98 Å². The van der Waals surface area contributed by atoms with Crippen LogP contribution in [0, 0.1) is 5.82 Å². The van der Waals surface area contributed by atoms with Crippen LogP contribution in [0.25, 0.3) is 11.1 Å². The van der Waals surface area contributed by atoms with Gasteiger partial charge in [-0.1, -0.05) is 29.3 Å². The first kappa shape index (κ1) is 14.8. The minimum atomic E-state index is -0.379. The second-order valence-electron chi connectivity index (χ2n) is 4.75. The largest absolute Gasteiger partial charge is 0.366 e. The third-order valence-electron chi connectivity index (χ3n) is 3.33. The molecule has 0 fully saturated rings. The topological polar surface area (TPSA) is 32.9 Å². The molecule has 0 unspecified atom stereocenters. The number of benzene rings is 2. The average Bonchev–Trinajstić information content (AvgIpc) is 2.99. The summed E-state index contributed by atoms with van der Waals surface area (Å²) in [5.41, 5.74) is 2.40. The normalized spacial score (nSPS) is 10.7. The van der Waals surface area contributed by atoms with Crippen LogP contribution in [0.3, 0.4) is 0 Å². The number of ketones is 1. The highest BCUT2D eigenvalue weighted by Gasteiger charge is 2.16. The molecule has 110 valence electrons. The number of hydrogen-bond acceptors (Lipinski definition) is 1. The summed E-state index contributed by atoms with van der Waals surface area (Å²) < 4.78 is 13.0. The van der Waals surface area contributed by atoms with E-state index in [9.17, 15) is 9.18 Å². The Morgan fingerprint density at radius 3 is 2.36 bits per heavy atom. The molecule has 0 saturated heterocycles. The molecule has 3 rings (SSSR count). The van der Waals surface area contributed by atoms with Crippen LogP contribution in [0.1, 0.15) is 15.9 Å². The van der Waals surface area contributed by atoms with Gasteiger partial charge in [0.15, 0.2) is 5.78 Å². The van der Waals surface area contributed by atoms with E-state index in [4.69, 9.17) is 23.2 Å². The van der Waals surface area contributed by atoms with E-state index in [0.29, 0.717) is 26.7 Å². The molecular formula is C17H10Cl2FNO. The Kier molecular flexibility index (Phi) is 4.01. The highest BCUT2D eigenvalue weighted by Crippen LogP contribution is 2.31. The molecule has 1 heterocycles. The molecular weight excluding hydrogens is 324 g/mol. The lowest BCUT2D eigenvalue weighted by Crippen LogP contribution is -2.01. The first-order chi connectivity index (χ1) is 10.6. The van der Waals surface area contributed by atoms with Gasteiger partial charge in [-0.05, 0) is 42.0 Å². The Morgan fingerprint density at radius 1 is 0.955 bits per heavy atom. The van der Waals surface area contributed by atoms with Crippen LogP contribution >= 0.6 is 23.2 Å². The highest BCUT2D eigenvalue weighted by atomic mass is 35.5. The van der Waals surface area contributed by atoms with E-state index in [1.807, 2.05) is 0 Å². The fraction of sp³-hybridized carbons (Fsp3) is 0. The number of carbonyl (C=O) groups is 1. The Morgan fingerprint density at radius 2 is 1.68 bits per heavy atom. The summed E-state index contributed by atoms with van der Waals surface area (Å²) in [5, 5.41) is 0.868. The summed E-state index contributed by atoms with van der Waals surface area (Å²) in [6.07, 6.45) is 3.33. The summed E-state index contributed by atoms with van der Waals surface area (Å²) >= 11 is 11.9. The lowest BCUT2D eigenvalue weighted by atomic mass is 9.98. The van der Waals surface area contributed by atoms with Crippen LogP contribution in [-0.2, 0) is 0 Å². The maximum Gasteiger partial charge on any atom is 0.195 e. The Hall–Kier alpha value is -2.10. The van der Waals surface area contributed by atoms with Crippen molar-refractivity contribution in [2.75, 3.05) is 0 Å². The Balaban J connectivity index is 2.03. The number of H-pyrrole nitrogens is 1. The molecule has 0 radical (unpaired) electrons. The van der Waals surface area contributed by atoms with Crippen molar-refractivity contribution in [2.45, 2.75) is 0 Å². The molecule has 0 aliphatic rings. The molecule has 0 atom stereocenters. The third-order valence-corrected chi connectivity index (χ3v) is 4.07. The van der Waals surface area contributed by atoms with E-state index >= 15 is 0 Å². The van der Waals surface area contributed by atoms with Crippen LogP contribution in [0.5, 0.6) is 0 Å². The smallest absolute Gasteiger partial charge is 0.195 e. The van der Waals surface area contributed by atoms with E-state index in [2.05, 4.69) is 4.98 Å². The summed E-state index contributed by atoms with van der Waals surface area (Å²) in [7, 11) is 0. The third kappa shape index (κ3) is 2.78. The van der Waals surface area contributed by atoms with Gasteiger partial charge >= 0.3 is 0 Å². The lowest BCUT2D eigenvalue weighted by molar-refractivity contribution is 0.103. The van der Waals surface area contributed by atoms with Crippen molar-refractivity contribution >= 4 is 29.0 Å². The van der Waals surface area contributed by atoms with Crippen LogP contribution in [0.15, 0.2) is 54.9 Å². The van der Waals surface area contributed by atoms with E-state index < -0.39 is 0 Å². The first-order valence-corrected chi connectivity index (χ1v) is 7.24. The highest BCUT2D eigenvalue weighted by molar-refractivity contribution is 6.42. The van der Waals surface area contributed by atoms with Crippen molar-refractivity contribution in [3.8, 4) is 11.1 Å². The number of aromatic amines is 1. The van der Waals surface area contributed by atoms with Gasteiger partial charge in [-0.3, -0.25) is 4.79 Å². The van der Waals surface area contributed by atoms with Crippen molar-refractivity contribution in [3.05, 3.63) is 81.8 Å². The maximum atomic E-state index is 13.0. The molecule has 0 aliphatic carbocycles. The fourth-order valence-electron chi connectivity index (χ4n) is 2.21. The molecule has 0 bridgehead atoms. The van der Waals surface area contributed by atoms with E-state index in [0.717, 1.165) is 5.56 Å². The zero-order valence-corrected chi connectivity index (χ0v) is 12.8. The number of carbonyl (C=O) groups excluding carboxylic acids is 1. The molecule has 2 nitrogen and oxygen atoms in total. The molecule has 0 saturated carbocycles. The molecule has 0 amide bonds. The van der Waals surface area contributed by atoms with Gasteiger partial charge in [-0.15, -0.1) is 0 Å². The van der Waals surface area contributed by atoms with E-state index in [-0.39, 0.29) is 11.6 Å². The van der Waals surface area contributed by atoms with Crippen molar-refractivity contribution in [1.82, 2.24) is 4.98 Å². The molecule has 0 spiro atoms. The van der Waals surface area contributed by atoms with E-state index in [1.54, 1.807) is 30.6 Å². The van der Waals surface area contributed by atoms with Crippen molar-refractivity contribution in [3.63, 3.8) is 0 Å². The number of halogens is 3. The molecule has 1 aromatic heterocycles. The Labute approximate surface area is 136 Å². The van der Waals surface area contributed by atoms with Gasteiger partial charge in [0, 0.05) is 29.1 Å². The summed E-state index contributed by atoms with van der Waals surface area (Å²) in [5.74, 6) is -0.572. The van der Waals surface area contributed by atoms with Gasteiger partial charge in [0.1, 0.15) is 5.82 Å². The standard InChI is InChI=1S/C17H10Cl2FNO/c18-15-6-3-11(7-16(15)19)13-8-21-9-14(13)17(22)10-1-4-12(20)5-2-10/h1-9,21H. The van der Waals surface area contributed by atoms with Crippen molar-refractivity contribution in [1.29, 1.82) is 0 Å². The van der Waals surface area contributed by atoms with Gasteiger partial charge in [0.05, 0.1) is 10.0 Å². The van der Waals surface area contributed by atoms with Crippen LogP contribution in [0.2, 0.25) is 10.0 Å².